The van der Waals surface area contributed by atoms with Gasteiger partial charge in [-0.2, -0.15) is 10.2 Å². The van der Waals surface area contributed by atoms with Crippen molar-refractivity contribution in [3.05, 3.63) is 76.5 Å². The molecule has 2 aromatic carbocycles. The largest absolute Gasteiger partial charge is 0.493 e. The first-order valence-corrected chi connectivity index (χ1v) is 11.4. The second kappa shape index (κ2) is 8.99. The zero-order valence-corrected chi connectivity index (χ0v) is 19.9. The highest BCUT2D eigenvalue weighted by Gasteiger charge is 2.20. The predicted octanol–water partition coefficient (Wildman–Crippen LogP) is 5.06. The summed E-state index contributed by atoms with van der Waals surface area (Å²) in [7, 11) is 4.15. The van der Waals surface area contributed by atoms with Gasteiger partial charge in [-0.15, -0.1) is 0 Å². The summed E-state index contributed by atoms with van der Waals surface area (Å²) in [6, 6.07) is 7.51. The second-order valence-corrected chi connectivity index (χ2v) is 9.05. The number of nitrogens with zero attached hydrogens (tertiary/aromatic N) is 4. The van der Waals surface area contributed by atoms with Gasteiger partial charge in [0.05, 0.1) is 19.0 Å². The molecule has 0 saturated heterocycles. The van der Waals surface area contributed by atoms with Gasteiger partial charge in [0.2, 0.25) is 0 Å². The molecule has 0 unspecified atom stereocenters. The van der Waals surface area contributed by atoms with Crippen molar-refractivity contribution in [2.75, 3.05) is 26.0 Å². The number of anilines is 1. The lowest BCUT2D eigenvalue weighted by Gasteiger charge is -2.18. The Morgan fingerprint density at radius 2 is 1.76 bits per heavy atom. The molecule has 3 heterocycles. The van der Waals surface area contributed by atoms with Gasteiger partial charge in [0.1, 0.15) is 17.4 Å². The Kier molecular flexibility index (Phi) is 5.87. The quantitative estimate of drug-likeness (QED) is 0.437. The van der Waals surface area contributed by atoms with Crippen molar-refractivity contribution in [1.82, 2.24) is 20.1 Å². The molecular weight excluding hydrogens is 429 g/mol. The number of benzene rings is 2. The molecule has 1 N–H and O–H groups in total. The summed E-state index contributed by atoms with van der Waals surface area (Å²) in [6.07, 6.45) is 6.07. The van der Waals surface area contributed by atoms with Gasteiger partial charge >= 0.3 is 0 Å². The predicted molar refractivity (Wildman–Crippen MR) is 133 cm³/mol. The van der Waals surface area contributed by atoms with Gasteiger partial charge in [0, 0.05) is 53.2 Å². The summed E-state index contributed by atoms with van der Waals surface area (Å²) < 4.78 is 20.2. The number of fused-ring (bicyclic) bond motifs is 2. The third-order valence-electron chi connectivity index (χ3n) is 6.65. The molecule has 7 heteroatoms. The second-order valence-electron chi connectivity index (χ2n) is 9.05. The van der Waals surface area contributed by atoms with Gasteiger partial charge in [-0.05, 0) is 62.3 Å². The number of rotatable bonds is 6. The average Bonchev–Trinajstić information content (AvgIpc) is 3.30. The van der Waals surface area contributed by atoms with Gasteiger partial charge in [-0.3, -0.25) is 0 Å². The van der Waals surface area contributed by atoms with E-state index < -0.39 is 0 Å². The van der Waals surface area contributed by atoms with E-state index >= 15 is 0 Å². The highest BCUT2D eigenvalue weighted by Crippen LogP contribution is 2.35. The van der Waals surface area contributed by atoms with Gasteiger partial charge in [-0.1, -0.05) is 12.1 Å². The summed E-state index contributed by atoms with van der Waals surface area (Å²) in [4.78, 5) is 6.89. The highest BCUT2D eigenvalue weighted by atomic mass is 19.1. The molecule has 2 aromatic heterocycles. The van der Waals surface area contributed by atoms with Gasteiger partial charge < -0.3 is 15.0 Å². The number of ether oxygens (including phenoxy) is 1. The van der Waals surface area contributed by atoms with E-state index in [2.05, 4.69) is 60.5 Å². The molecule has 0 spiro atoms. The number of halogens is 1. The Bertz CT molecular complexity index is 1390. The highest BCUT2D eigenvalue weighted by molar-refractivity contribution is 6.01. The molecule has 6 nitrogen and oxygen atoms in total. The molecule has 0 atom stereocenters. The third kappa shape index (κ3) is 3.96. The van der Waals surface area contributed by atoms with Crippen molar-refractivity contribution in [2.24, 2.45) is 0 Å². The van der Waals surface area contributed by atoms with Crippen LogP contribution in [0.15, 0.2) is 42.9 Å². The molecule has 174 valence electrons. The minimum absolute atomic E-state index is 0.235. The summed E-state index contributed by atoms with van der Waals surface area (Å²) in [5.74, 6) is 1.19. The first-order chi connectivity index (χ1) is 16.4. The Hall–Kier alpha value is -3.58. The normalized spacial score (nSPS) is 12.8. The lowest BCUT2D eigenvalue weighted by Crippen LogP contribution is -2.12. The summed E-state index contributed by atoms with van der Waals surface area (Å²) >= 11 is 0. The van der Waals surface area contributed by atoms with Gasteiger partial charge in [0.25, 0.3) is 0 Å². The molecule has 5 rings (SSSR count). The van der Waals surface area contributed by atoms with Crippen LogP contribution in [0.2, 0.25) is 0 Å². The van der Waals surface area contributed by atoms with Crippen LogP contribution >= 0.6 is 0 Å². The Balaban J connectivity index is 1.52. The van der Waals surface area contributed by atoms with Crippen LogP contribution in [-0.4, -0.2) is 40.8 Å². The van der Waals surface area contributed by atoms with E-state index in [-0.39, 0.29) is 5.82 Å². The zero-order chi connectivity index (χ0) is 23.8. The molecule has 0 fully saturated rings. The smallest absolute Gasteiger partial charge is 0.135 e. The fourth-order valence-corrected chi connectivity index (χ4v) is 4.71. The molecule has 34 heavy (non-hydrogen) atoms. The molecule has 0 radical (unpaired) electrons. The van der Waals surface area contributed by atoms with Gasteiger partial charge in [0.15, 0.2) is 0 Å². The van der Waals surface area contributed by atoms with Crippen LogP contribution < -0.4 is 10.1 Å². The van der Waals surface area contributed by atoms with Crippen LogP contribution in [0.25, 0.3) is 21.9 Å². The molecule has 1 aliphatic heterocycles. The number of hydrogen-bond acceptors (Lipinski definition) is 6. The molecule has 0 bridgehead atoms. The van der Waals surface area contributed by atoms with Crippen LogP contribution in [0.1, 0.15) is 27.8 Å². The maximum Gasteiger partial charge on any atom is 0.135 e. The molecule has 4 aromatic rings. The van der Waals surface area contributed by atoms with E-state index in [1.165, 1.54) is 22.8 Å². The van der Waals surface area contributed by atoms with E-state index in [1.807, 2.05) is 6.20 Å². The molecule has 0 amide bonds. The van der Waals surface area contributed by atoms with E-state index in [9.17, 15) is 4.39 Å². The number of pyridine rings is 1. The standard InChI is InChI=1S/C27H28FN5O/c1-16-17(2)19(6-5-18(16)15-33(3)4)21-11-29-27(24-14-32-31-13-22(21)24)30-12-23-20-9-10-34-26(20)8-7-25(23)28/h5-8,11,13-14H,9-10,12,15H2,1-4H3,(H,29,30). The fourth-order valence-electron chi connectivity index (χ4n) is 4.71. The van der Waals surface area contributed by atoms with Crippen molar-refractivity contribution < 1.29 is 9.13 Å². The number of nitrogens with one attached hydrogen (secondary N) is 1. The first kappa shape index (κ1) is 22.2. The van der Waals surface area contributed by atoms with E-state index in [4.69, 9.17) is 9.72 Å². The lowest BCUT2D eigenvalue weighted by atomic mass is 9.92. The van der Waals surface area contributed by atoms with Crippen LogP contribution in [0.3, 0.4) is 0 Å². The van der Waals surface area contributed by atoms with Crippen molar-refractivity contribution in [3.8, 4) is 16.9 Å². The van der Waals surface area contributed by atoms with Crippen molar-refractivity contribution in [3.63, 3.8) is 0 Å². The Morgan fingerprint density at radius 3 is 2.56 bits per heavy atom. The monoisotopic (exact) mass is 457 g/mol. The number of aromatic nitrogens is 3. The summed E-state index contributed by atoms with van der Waals surface area (Å²) in [6.45, 7) is 6.12. The molecule has 0 saturated carbocycles. The molecule has 0 aliphatic carbocycles. The van der Waals surface area contributed by atoms with Crippen LogP contribution in [0.5, 0.6) is 5.75 Å². The Morgan fingerprint density at radius 1 is 0.971 bits per heavy atom. The van der Waals surface area contributed by atoms with Crippen molar-refractivity contribution in [2.45, 2.75) is 33.4 Å². The van der Waals surface area contributed by atoms with E-state index in [1.54, 1.807) is 18.5 Å². The third-order valence-corrected chi connectivity index (χ3v) is 6.65. The zero-order valence-electron chi connectivity index (χ0n) is 19.9. The Labute approximate surface area is 198 Å². The first-order valence-electron chi connectivity index (χ1n) is 11.4. The SMILES string of the molecule is Cc1c(CN(C)C)ccc(-c2cnc(NCc3c(F)ccc4c3CCO4)c3cnncc23)c1C. The minimum Gasteiger partial charge on any atom is -0.493 e. The van der Waals surface area contributed by atoms with Gasteiger partial charge in [-0.25, -0.2) is 9.37 Å². The minimum atomic E-state index is -0.235. The van der Waals surface area contributed by atoms with Crippen molar-refractivity contribution >= 4 is 16.6 Å². The fraction of sp³-hybridized carbons (Fsp3) is 0.296. The van der Waals surface area contributed by atoms with Crippen molar-refractivity contribution in [1.29, 1.82) is 0 Å². The van der Waals surface area contributed by atoms with Crippen LogP contribution in [0, 0.1) is 19.7 Å². The number of hydrogen-bond donors (Lipinski definition) is 1. The summed E-state index contributed by atoms with van der Waals surface area (Å²) in [5.41, 5.74) is 7.49. The maximum atomic E-state index is 14.6. The average molecular weight is 458 g/mol. The molecular formula is C27H28FN5O. The molecule has 1 aliphatic rings. The van der Waals surface area contributed by atoms with E-state index in [0.29, 0.717) is 31.0 Å². The lowest BCUT2D eigenvalue weighted by molar-refractivity contribution is 0.356. The summed E-state index contributed by atoms with van der Waals surface area (Å²) in [5, 5.41) is 13.4. The maximum absolute atomic E-state index is 14.6. The van der Waals surface area contributed by atoms with Crippen LogP contribution in [-0.2, 0) is 19.5 Å². The van der Waals surface area contributed by atoms with Crippen LogP contribution in [0.4, 0.5) is 10.2 Å². The topological polar surface area (TPSA) is 63.2 Å². The van der Waals surface area contributed by atoms with E-state index in [0.717, 1.165) is 39.8 Å².